The quantitative estimate of drug-likeness (QED) is 0.329. The molecule has 0 bridgehead atoms. The van der Waals surface area contributed by atoms with Gasteiger partial charge in [-0.3, -0.25) is 19.3 Å². The van der Waals surface area contributed by atoms with Gasteiger partial charge in [0.1, 0.15) is 0 Å². The van der Waals surface area contributed by atoms with E-state index in [2.05, 4.69) is 5.32 Å². The molecule has 9 heteroatoms. The Bertz CT molecular complexity index is 547. The minimum atomic E-state index is -0.348. The van der Waals surface area contributed by atoms with Crippen molar-refractivity contribution in [2.45, 2.75) is 43.8 Å². The summed E-state index contributed by atoms with van der Waals surface area (Å²) in [6.45, 7) is 2.51. The molecule has 2 rings (SSSR count). The molecule has 1 aliphatic carbocycles. The number of nitrogens with one attached hydrogen (secondary N) is 1. The van der Waals surface area contributed by atoms with Gasteiger partial charge in [-0.05, 0) is 31.1 Å². The summed E-state index contributed by atoms with van der Waals surface area (Å²) in [5, 5.41) is 11.6. The number of rotatable bonds is 13. The van der Waals surface area contributed by atoms with E-state index in [1.807, 2.05) is 0 Å². The zero-order chi connectivity index (χ0) is 21.1. The van der Waals surface area contributed by atoms with Gasteiger partial charge in [-0.2, -0.15) is 0 Å². The average molecular weight is 431 g/mol. The maximum absolute atomic E-state index is 12.5. The van der Waals surface area contributed by atoms with Crippen LogP contribution in [0, 0.1) is 11.8 Å². The summed E-state index contributed by atoms with van der Waals surface area (Å²) in [7, 11) is 1.61. The summed E-state index contributed by atoms with van der Waals surface area (Å²) in [4.78, 5) is 38.1. The Labute approximate surface area is 177 Å². The molecule has 0 spiro atoms. The topological polar surface area (TPSA) is 105 Å². The number of aliphatic hydroxyl groups is 1. The zero-order valence-electron chi connectivity index (χ0n) is 17.3. The third kappa shape index (κ3) is 8.24. The van der Waals surface area contributed by atoms with Crippen LogP contribution < -0.4 is 5.32 Å². The Kier molecular flexibility index (Phi) is 11.0. The maximum atomic E-state index is 12.5. The van der Waals surface area contributed by atoms with Crippen molar-refractivity contribution < 1.29 is 29.0 Å². The first-order valence-corrected chi connectivity index (χ1v) is 11.5. The molecule has 3 amide bonds. The minimum Gasteiger partial charge on any atom is -0.396 e. The summed E-state index contributed by atoms with van der Waals surface area (Å²) < 4.78 is 10.2. The van der Waals surface area contributed by atoms with E-state index in [0.717, 1.165) is 25.7 Å². The lowest BCUT2D eigenvalue weighted by molar-refractivity contribution is -0.139. The van der Waals surface area contributed by atoms with Gasteiger partial charge in [0, 0.05) is 38.8 Å². The van der Waals surface area contributed by atoms with Crippen LogP contribution in [0.25, 0.3) is 0 Å². The summed E-state index contributed by atoms with van der Waals surface area (Å²) in [5.74, 6) is 0.905. The number of hydrogen-bond acceptors (Lipinski definition) is 7. The second-order valence-corrected chi connectivity index (χ2v) is 9.00. The monoisotopic (exact) mass is 430 g/mol. The van der Waals surface area contributed by atoms with Crippen LogP contribution in [0.3, 0.4) is 0 Å². The fourth-order valence-electron chi connectivity index (χ4n) is 3.94. The molecule has 1 heterocycles. The summed E-state index contributed by atoms with van der Waals surface area (Å²) in [6.07, 6.45) is 4.59. The van der Waals surface area contributed by atoms with Crippen LogP contribution in [0.1, 0.15) is 38.5 Å². The van der Waals surface area contributed by atoms with E-state index in [0.29, 0.717) is 51.0 Å². The van der Waals surface area contributed by atoms with Crippen LogP contribution >= 0.6 is 11.8 Å². The van der Waals surface area contributed by atoms with Crippen molar-refractivity contribution in [1.82, 2.24) is 10.2 Å². The van der Waals surface area contributed by atoms with E-state index in [1.54, 1.807) is 7.11 Å². The van der Waals surface area contributed by atoms with Gasteiger partial charge >= 0.3 is 0 Å². The molecule has 1 saturated heterocycles. The number of aliphatic hydroxyl groups excluding tert-OH is 1. The molecule has 0 aromatic heterocycles. The Morgan fingerprint density at radius 3 is 2.79 bits per heavy atom. The fourth-order valence-corrected chi connectivity index (χ4v) is 4.86. The lowest BCUT2D eigenvalue weighted by atomic mass is 9.81. The summed E-state index contributed by atoms with van der Waals surface area (Å²) in [5.41, 5.74) is 0. The molecular formula is C20H34N2O6S. The standard InChI is InChI=1S/C20H34N2O6S/c1-27-8-9-28-7-5-18(24)21-13-15-3-2-4-16(11-15)14-22-19(25)12-17(20(22)26)29-10-6-23/h15-17,23H,2-14H2,1H3,(H,21,24). The molecule has 2 aliphatic rings. The first-order chi connectivity index (χ1) is 14.0. The fraction of sp³-hybridized carbons (Fsp3) is 0.850. The smallest absolute Gasteiger partial charge is 0.242 e. The largest absolute Gasteiger partial charge is 0.396 e. The maximum Gasteiger partial charge on any atom is 0.242 e. The van der Waals surface area contributed by atoms with Crippen molar-refractivity contribution in [3.05, 3.63) is 0 Å². The summed E-state index contributed by atoms with van der Waals surface area (Å²) >= 11 is 1.36. The van der Waals surface area contributed by atoms with Crippen LogP contribution in [0.15, 0.2) is 0 Å². The van der Waals surface area contributed by atoms with E-state index >= 15 is 0 Å². The highest BCUT2D eigenvalue weighted by atomic mass is 32.2. The zero-order valence-corrected chi connectivity index (χ0v) is 18.1. The molecule has 1 saturated carbocycles. The molecule has 0 aromatic rings. The molecule has 0 aromatic carbocycles. The minimum absolute atomic E-state index is 0.0118. The number of thioether (sulfide) groups is 1. The molecule has 8 nitrogen and oxygen atoms in total. The third-order valence-corrected chi connectivity index (χ3v) is 6.63. The van der Waals surface area contributed by atoms with E-state index in [9.17, 15) is 14.4 Å². The number of carbonyl (C=O) groups excluding carboxylic acids is 3. The number of imide groups is 1. The molecule has 2 N–H and O–H groups in total. The lowest BCUT2D eigenvalue weighted by Crippen LogP contribution is -2.39. The van der Waals surface area contributed by atoms with Crippen molar-refractivity contribution in [2.75, 3.05) is 52.4 Å². The second-order valence-electron chi connectivity index (χ2n) is 7.69. The number of methoxy groups -OCH3 is 1. The third-order valence-electron chi connectivity index (χ3n) is 5.44. The highest BCUT2D eigenvalue weighted by Crippen LogP contribution is 2.32. The van der Waals surface area contributed by atoms with Gasteiger partial charge in [0.2, 0.25) is 17.7 Å². The van der Waals surface area contributed by atoms with E-state index in [4.69, 9.17) is 14.6 Å². The average Bonchev–Trinajstić information content (AvgIpc) is 2.98. The molecule has 1 aliphatic heterocycles. The van der Waals surface area contributed by atoms with Gasteiger partial charge in [0.15, 0.2) is 0 Å². The SMILES string of the molecule is COCCOCCC(=O)NCC1CCCC(CN2C(=O)CC(SCCO)C2=O)C1. The molecular weight excluding hydrogens is 396 g/mol. The first-order valence-electron chi connectivity index (χ1n) is 10.4. The Hall–Kier alpha value is -1.16. The van der Waals surface area contributed by atoms with Crippen molar-refractivity contribution in [1.29, 1.82) is 0 Å². The lowest BCUT2D eigenvalue weighted by Gasteiger charge is -2.31. The predicted octanol–water partition coefficient (Wildman–Crippen LogP) is 0.815. The van der Waals surface area contributed by atoms with Gasteiger partial charge in [-0.1, -0.05) is 6.42 Å². The number of hydrogen-bond donors (Lipinski definition) is 2. The van der Waals surface area contributed by atoms with E-state index in [1.165, 1.54) is 16.7 Å². The molecule has 0 radical (unpaired) electrons. The van der Waals surface area contributed by atoms with Gasteiger partial charge in [-0.25, -0.2) is 0 Å². The molecule has 29 heavy (non-hydrogen) atoms. The van der Waals surface area contributed by atoms with Gasteiger partial charge < -0.3 is 19.9 Å². The molecule has 2 fully saturated rings. The molecule has 3 atom stereocenters. The van der Waals surface area contributed by atoms with Crippen molar-refractivity contribution in [3.8, 4) is 0 Å². The number of amides is 3. The number of carbonyl (C=O) groups is 3. The van der Waals surface area contributed by atoms with Crippen molar-refractivity contribution >= 4 is 29.5 Å². The van der Waals surface area contributed by atoms with E-state index < -0.39 is 0 Å². The number of ether oxygens (including phenoxy) is 2. The first kappa shape index (κ1) is 24.1. The molecule has 3 unspecified atom stereocenters. The van der Waals surface area contributed by atoms with Crippen LogP contribution in [0.2, 0.25) is 0 Å². The predicted molar refractivity (Wildman–Crippen MR) is 110 cm³/mol. The van der Waals surface area contributed by atoms with Gasteiger partial charge in [0.25, 0.3) is 0 Å². The van der Waals surface area contributed by atoms with Crippen LogP contribution in [0.5, 0.6) is 0 Å². The molecule has 166 valence electrons. The highest BCUT2D eigenvalue weighted by molar-refractivity contribution is 8.00. The second kappa shape index (κ2) is 13.2. The summed E-state index contributed by atoms with van der Waals surface area (Å²) in [6, 6.07) is 0. The van der Waals surface area contributed by atoms with Crippen LogP contribution in [-0.2, 0) is 23.9 Å². The Morgan fingerprint density at radius 1 is 1.24 bits per heavy atom. The van der Waals surface area contributed by atoms with Crippen LogP contribution in [-0.4, -0.2) is 85.4 Å². The van der Waals surface area contributed by atoms with Gasteiger partial charge in [-0.15, -0.1) is 11.8 Å². The normalized spacial score (nSPS) is 24.9. The van der Waals surface area contributed by atoms with Crippen molar-refractivity contribution in [2.24, 2.45) is 11.8 Å². The number of nitrogens with zero attached hydrogens (tertiary/aromatic N) is 1. The Morgan fingerprint density at radius 2 is 2.03 bits per heavy atom. The van der Waals surface area contributed by atoms with E-state index in [-0.39, 0.29) is 41.9 Å². The van der Waals surface area contributed by atoms with Crippen molar-refractivity contribution in [3.63, 3.8) is 0 Å². The van der Waals surface area contributed by atoms with Crippen LogP contribution in [0.4, 0.5) is 0 Å². The number of likely N-dealkylation sites (tertiary alicyclic amines) is 1. The highest BCUT2D eigenvalue weighted by Gasteiger charge is 2.40. The Balaban J connectivity index is 1.69. The van der Waals surface area contributed by atoms with Gasteiger partial charge in [0.05, 0.1) is 31.7 Å².